The Bertz CT molecular complexity index is 708. The number of benzene rings is 1. The van der Waals surface area contributed by atoms with Crippen molar-refractivity contribution in [1.29, 1.82) is 0 Å². The minimum atomic E-state index is 0.0902. The lowest BCUT2D eigenvalue weighted by atomic mass is 10.0. The standard InChI is InChI=1S/C17H19N3O2/c21-17(10-12-1-3-15-13(9-12)5-8-22-15)19-14-2-4-16-18-6-7-20(16)11-14/h1,3,6-7,9,14H,2,4-5,8,10-11H2,(H,19,21)/t14-/m0/s1. The second-order valence-electron chi connectivity index (χ2n) is 6.02. The molecule has 1 aromatic carbocycles. The normalized spacial score (nSPS) is 19.2. The average molecular weight is 297 g/mol. The van der Waals surface area contributed by atoms with Gasteiger partial charge in [-0.2, -0.15) is 0 Å². The molecule has 0 aliphatic carbocycles. The van der Waals surface area contributed by atoms with E-state index in [-0.39, 0.29) is 11.9 Å². The molecule has 2 aliphatic heterocycles. The van der Waals surface area contributed by atoms with E-state index in [9.17, 15) is 4.79 Å². The van der Waals surface area contributed by atoms with Crippen molar-refractivity contribution < 1.29 is 9.53 Å². The van der Waals surface area contributed by atoms with Crippen molar-refractivity contribution in [3.05, 3.63) is 47.5 Å². The van der Waals surface area contributed by atoms with Gasteiger partial charge in [-0.05, 0) is 23.6 Å². The van der Waals surface area contributed by atoms with E-state index in [2.05, 4.69) is 20.9 Å². The molecule has 2 aliphatic rings. The molecule has 1 amide bonds. The lowest BCUT2D eigenvalue weighted by Gasteiger charge is -2.24. The van der Waals surface area contributed by atoms with E-state index in [1.165, 1.54) is 5.56 Å². The molecule has 2 aromatic rings. The van der Waals surface area contributed by atoms with Crippen LogP contribution in [-0.2, 0) is 30.6 Å². The number of amides is 1. The quantitative estimate of drug-likeness (QED) is 0.934. The van der Waals surface area contributed by atoms with Gasteiger partial charge in [-0.1, -0.05) is 12.1 Å². The van der Waals surface area contributed by atoms with Crippen LogP contribution in [0.25, 0.3) is 0 Å². The number of rotatable bonds is 3. The van der Waals surface area contributed by atoms with Gasteiger partial charge in [-0.25, -0.2) is 4.98 Å². The van der Waals surface area contributed by atoms with Crippen LogP contribution in [0.15, 0.2) is 30.6 Å². The SMILES string of the molecule is O=C(Cc1ccc2c(c1)CCO2)N[C@H]1CCc2nccn2C1. The molecule has 0 saturated carbocycles. The summed E-state index contributed by atoms with van der Waals surface area (Å²) in [6, 6.07) is 6.26. The summed E-state index contributed by atoms with van der Waals surface area (Å²) in [5, 5.41) is 3.15. The Morgan fingerprint density at radius 1 is 1.41 bits per heavy atom. The lowest BCUT2D eigenvalue weighted by Crippen LogP contribution is -2.41. The maximum atomic E-state index is 12.3. The Balaban J connectivity index is 1.37. The van der Waals surface area contributed by atoms with Gasteiger partial charge in [0.25, 0.3) is 0 Å². The number of aryl methyl sites for hydroxylation is 1. The summed E-state index contributed by atoms with van der Waals surface area (Å²) in [6.45, 7) is 1.57. The van der Waals surface area contributed by atoms with Crippen LogP contribution in [0, 0.1) is 0 Å². The molecule has 0 spiro atoms. The third kappa shape index (κ3) is 2.58. The molecule has 1 N–H and O–H groups in total. The number of nitrogens with one attached hydrogen (secondary N) is 1. The zero-order valence-corrected chi connectivity index (χ0v) is 12.4. The van der Waals surface area contributed by atoms with Gasteiger partial charge in [-0.3, -0.25) is 4.79 Å². The number of carbonyl (C=O) groups excluding carboxylic acids is 1. The molecule has 1 atom stereocenters. The zero-order valence-electron chi connectivity index (χ0n) is 12.4. The van der Waals surface area contributed by atoms with E-state index in [0.717, 1.165) is 49.6 Å². The van der Waals surface area contributed by atoms with Crippen LogP contribution in [-0.4, -0.2) is 28.1 Å². The zero-order chi connectivity index (χ0) is 14.9. The molecule has 0 unspecified atom stereocenters. The number of ether oxygens (including phenoxy) is 1. The molecular weight excluding hydrogens is 278 g/mol. The van der Waals surface area contributed by atoms with Crippen molar-refractivity contribution in [3.63, 3.8) is 0 Å². The van der Waals surface area contributed by atoms with Crippen LogP contribution in [0.1, 0.15) is 23.4 Å². The molecule has 0 bridgehead atoms. The molecule has 4 rings (SSSR count). The Morgan fingerprint density at radius 3 is 3.32 bits per heavy atom. The van der Waals surface area contributed by atoms with Crippen molar-refractivity contribution >= 4 is 5.91 Å². The Labute approximate surface area is 129 Å². The highest BCUT2D eigenvalue weighted by Crippen LogP contribution is 2.26. The van der Waals surface area contributed by atoms with Crippen LogP contribution >= 0.6 is 0 Å². The van der Waals surface area contributed by atoms with Crippen LogP contribution in [0.2, 0.25) is 0 Å². The molecule has 114 valence electrons. The average Bonchev–Trinajstić information content (AvgIpc) is 3.14. The molecule has 0 saturated heterocycles. The number of aromatic nitrogens is 2. The first-order chi connectivity index (χ1) is 10.8. The summed E-state index contributed by atoms with van der Waals surface area (Å²) in [5.74, 6) is 2.17. The highest BCUT2D eigenvalue weighted by atomic mass is 16.5. The van der Waals surface area contributed by atoms with Crippen molar-refractivity contribution in [2.24, 2.45) is 0 Å². The minimum Gasteiger partial charge on any atom is -0.493 e. The third-order valence-corrected chi connectivity index (χ3v) is 4.42. The first kappa shape index (κ1) is 13.4. The van der Waals surface area contributed by atoms with Crippen LogP contribution < -0.4 is 10.1 Å². The van der Waals surface area contributed by atoms with Crippen molar-refractivity contribution in [2.75, 3.05) is 6.61 Å². The number of hydrogen-bond donors (Lipinski definition) is 1. The highest BCUT2D eigenvalue weighted by molar-refractivity contribution is 5.79. The minimum absolute atomic E-state index is 0.0902. The van der Waals surface area contributed by atoms with Crippen molar-refractivity contribution in [2.45, 2.75) is 38.3 Å². The van der Waals surface area contributed by atoms with E-state index in [1.54, 1.807) is 0 Å². The number of imidazole rings is 1. The van der Waals surface area contributed by atoms with E-state index in [0.29, 0.717) is 6.42 Å². The first-order valence-corrected chi connectivity index (χ1v) is 7.82. The third-order valence-electron chi connectivity index (χ3n) is 4.42. The summed E-state index contributed by atoms with van der Waals surface area (Å²) in [6.07, 6.45) is 7.06. The number of carbonyl (C=O) groups is 1. The summed E-state index contributed by atoms with van der Waals surface area (Å²) in [7, 11) is 0. The molecular formula is C17H19N3O2. The second-order valence-corrected chi connectivity index (χ2v) is 6.02. The van der Waals surface area contributed by atoms with Gasteiger partial charge in [0, 0.05) is 37.8 Å². The maximum Gasteiger partial charge on any atom is 0.224 e. The number of fused-ring (bicyclic) bond motifs is 2. The van der Waals surface area contributed by atoms with Gasteiger partial charge >= 0.3 is 0 Å². The summed E-state index contributed by atoms with van der Waals surface area (Å²) < 4.78 is 7.62. The molecule has 5 nitrogen and oxygen atoms in total. The summed E-state index contributed by atoms with van der Waals surface area (Å²) in [4.78, 5) is 16.6. The fourth-order valence-electron chi connectivity index (χ4n) is 3.30. The van der Waals surface area contributed by atoms with Gasteiger partial charge in [0.2, 0.25) is 5.91 Å². The van der Waals surface area contributed by atoms with Crippen molar-refractivity contribution in [3.8, 4) is 5.75 Å². The predicted molar refractivity (Wildman–Crippen MR) is 81.8 cm³/mol. The second kappa shape index (κ2) is 5.48. The van der Waals surface area contributed by atoms with Gasteiger partial charge in [0.15, 0.2) is 0 Å². The Hall–Kier alpha value is -2.30. The Morgan fingerprint density at radius 2 is 2.36 bits per heavy atom. The van der Waals surface area contributed by atoms with Gasteiger partial charge < -0.3 is 14.6 Å². The van der Waals surface area contributed by atoms with Gasteiger partial charge in [0.1, 0.15) is 11.6 Å². The fourth-order valence-corrected chi connectivity index (χ4v) is 3.30. The van der Waals surface area contributed by atoms with E-state index in [4.69, 9.17) is 4.74 Å². The van der Waals surface area contributed by atoms with Crippen molar-refractivity contribution in [1.82, 2.24) is 14.9 Å². The van der Waals surface area contributed by atoms with Crippen LogP contribution in [0.5, 0.6) is 5.75 Å². The first-order valence-electron chi connectivity index (χ1n) is 7.82. The van der Waals surface area contributed by atoms with Gasteiger partial charge in [-0.15, -0.1) is 0 Å². The predicted octanol–water partition coefficient (Wildman–Crippen LogP) is 1.49. The number of nitrogens with zero attached hydrogens (tertiary/aromatic N) is 2. The van der Waals surface area contributed by atoms with E-state index >= 15 is 0 Å². The Kier molecular flexibility index (Phi) is 3.33. The monoisotopic (exact) mass is 297 g/mol. The van der Waals surface area contributed by atoms with E-state index < -0.39 is 0 Å². The van der Waals surface area contributed by atoms with Crippen LogP contribution in [0.4, 0.5) is 0 Å². The molecule has 22 heavy (non-hydrogen) atoms. The molecule has 0 fully saturated rings. The topological polar surface area (TPSA) is 56.1 Å². The van der Waals surface area contributed by atoms with Crippen LogP contribution in [0.3, 0.4) is 0 Å². The largest absolute Gasteiger partial charge is 0.493 e. The number of hydrogen-bond acceptors (Lipinski definition) is 3. The van der Waals surface area contributed by atoms with E-state index in [1.807, 2.05) is 24.5 Å². The lowest BCUT2D eigenvalue weighted by molar-refractivity contribution is -0.121. The molecule has 5 heteroatoms. The van der Waals surface area contributed by atoms with Gasteiger partial charge in [0.05, 0.1) is 13.0 Å². The fraction of sp³-hybridized carbons (Fsp3) is 0.412. The molecule has 0 radical (unpaired) electrons. The summed E-state index contributed by atoms with van der Waals surface area (Å²) in [5.41, 5.74) is 2.27. The molecule has 1 aromatic heterocycles. The highest BCUT2D eigenvalue weighted by Gasteiger charge is 2.20. The molecule has 3 heterocycles. The maximum absolute atomic E-state index is 12.3. The smallest absolute Gasteiger partial charge is 0.224 e. The summed E-state index contributed by atoms with van der Waals surface area (Å²) >= 11 is 0.